The van der Waals surface area contributed by atoms with Crippen LogP contribution in [0.4, 0.5) is 13.2 Å². The summed E-state index contributed by atoms with van der Waals surface area (Å²) in [6.07, 6.45) is -1.14. The minimum absolute atomic E-state index is 0.151. The van der Waals surface area contributed by atoms with E-state index in [2.05, 4.69) is 14.9 Å². The molecule has 0 bridgehead atoms. The summed E-state index contributed by atoms with van der Waals surface area (Å²) in [7, 11) is -2.00. The van der Waals surface area contributed by atoms with E-state index in [-0.39, 0.29) is 23.7 Å². The van der Waals surface area contributed by atoms with Crippen molar-refractivity contribution in [3.05, 3.63) is 41.7 Å². The maximum Gasteiger partial charge on any atom is 0.433 e. The van der Waals surface area contributed by atoms with Crippen LogP contribution in [0.5, 0.6) is 0 Å². The number of piperazine rings is 1. The quantitative estimate of drug-likeness (QED) is 0.776. The Labute approximate surface area is 155 Å². The van der Waals surface area contributed by atoms with Gasteiger partial charge in [0, 0.05) is 46.0 Å². The Morgan fingerprint density at radius 1 is 1.15 bits per heavy atom. The van der Waals surface area contributed by atoms with Crippen molar-refractivity contribution in [1.29, 1.82) is 0 Å². The van der Waals surface area contributed by atoms with E-state index in [9.17, 15) is 21.6 Å². The lowest BCUT2D eigenvalue weighted by Gasteiger charge is -2.34. The van der Waals surface area contributed by atoms with Gasteiger partial charge in [-0.1, -0.05) is 0 Å². The molecular formula is C16H20F3N5O2S. The number of imidazole rings is 1. The van der Waals surface area contributed by atoms with Crippen LogP contribution in [0.15, 0.2) is 29.6 Å². The molecule has 0 aliphatic carbocycles. The molecule has 0 amide bonds. The molecule has 27 heavy (non-hydrogen) atoms. The highest BCUT2D eigenvalue weighted by molar-refractivity contribution is 7.89. The SMILES string of the molecule is Cc1nc(C(F)(F)F)ccc1S(=O)(=O)N1CCN(Cc2cncn2C)CC1. The van der Waals surface area contributed by atoms with Crippen LogP contribution >= 0.6 is 0 Å². The minimum Gasteiger partial charge on any atom is -0.337 e. The molecule has 1 saturated heterocycles. The number of pyridine rings is 1. The first-order valence-electron chi connectivity index (χ1n) is 8.31. The molecule has 1 fully saturated rings. The van der Waals surface area contributed by atoms with Crippen LogP contribution in [-0.2, 0) is 29.8 Å². The van der Waals surface area contributed by atoms with Gasteiger partial charge in [0.15, 0.2) is 0 Å². The molecule has 0 saturated carbocycles. The summed E-state index contributed by atoms with van der Waals surface area (Å²) in [4.78, 5) is 9.41. The fraction of sp³-hybridized carbons (Fsp3) is 0.500. The van der Waals surface area contributed by atoms with Gasteiger partial charge in [0.2, 0.25) is 10.0 Å². The maximum atomic E-state index is 12.8. The molecule has 1 aliphatic rings. The highest BCUT2D eigenvalue weighted by Crippen LogP contribution is 2.30. The van der Waals surface area contributed by atoms with E-state index < -0.39 is 21.9 Å². The molecule has 1 aliphatic heterocycles. The lowest BCUT2D eigenvalue weighted by molar-refractivity contribution is -0.141. The Bertz CT molecular complexity index is 918. The zero-order valence-corrected chi connectivity index (χ0v) is 15.8. The summed E-state index contributed by atoms with van der Waals surface area (Å²) in [5.74, 6) is 0. The van der Waals surface area contributed by atoms with Crippen LogP contribution < -0.4 is 0 Å². The van der Waals surface area contributed by atoms with E-state index in [1.54, 1.807) is 12.5 Å². The third-order valence-corrected chi connectivity index (χ3v) is 6.61. The fourth-order valence-corrected chi connectivity index (χ4v) is 4.59. The second kappa shape index (κ2) is 7.21. The summed E-state index contributed by atoms with van der Waals surface area (Å²) in [5, 5.41) is 0. The average molecular weight is 403 g/mol. The van der Waals surface area contributed by atoms with Gasteiger partial charge < -0.3 is 4.57 Å². The number of alkyl halides is 3. The molecule has 3 rings (SSSR count). The number of hydrogen-bond acceptors (Lipinski definition) is 5. The number of aromatic nitrogens is 3. The van der Waals surface area contributed by atoms with Gasteiger partial charge in [0.05, 0.1) is 17.7 Å². The molecule has 0 N–H and O–H groups in total. The molecule has 2 aromatic heterocycles. The third kappa shape index (κ3) is 4.14. The highest BCUT2D eigenvalue weighted by atomic mass is 32.2. The monoisotopic (exact) mass is 403 g/mol. The van der Waals surface area contributed by atoms with Crippen molar-refractivity contribution in [2.24, 2.45) is 7.05 Å². The van der Waals surface area contributed by atoms with Crippen molar-refractivity contribution in [2.45, 2.75) is 24.5 Å². The van der Waals surface area contributed by atoms with Crippen molar-refractivity contribution >= 4 is 10.0 Å². The Kier molecular flexibility index (Phi) is 5.28. The zero-order chi connectivity index (χ0) is 19.8. The first kappa shape index (κ1) is 19.8. The molecule has 0 aromatic carbocycles. The molecular weight excluding hydrogens is 383 g/mol. The Hall–Kier alpha value is -1.98. The maximum absolute atomic E-state index is 12.8. The van der Waals surface area contributed by atoms with Crippen molar-refractivity contribution in [2.75, 3.05) is 26.2 Å². The van der Waals surface area contributed by atoms with Crippen molar-refractivity contribution in [1.82, 2.24) is 23.7 Å². The lowest BCUT2D eigenvalue weighted by atomic mass is 10.3. The molecule has 2 aromatic rings. The number of halogens is 3. The van der Waals surface area contributed by atoms with Crippen LogP contribution in [0, 0.1) is 6.92 Å². The molecule has 7 nitrogen and oxygen atoms in total. The predicted octanol–water partition coefficient (Wildman–Crippen LogP) is 1.65. The standard InChI is InChI=1S/C16H20F3N5O2S/c1-12-14(3-4-15(21-12)16(17,18)19)27(25,26)24-7-5-23(6-8-24)10-13-9-20-11-22(13)2/h3-4,9,11H,5-8,10H2,1-2H3. The fourth-order valence-electron chi connectivity index (χ4n) is 3.01. The highest BCUT2D eigenvalue weighted by Gasteiger charge is 2.35. The summed E-state index contributed by atoms with van der Waals surface area (Å²) in [6, 6.07) is 1.70. The topological polar surface area (TPSA) is 71.3 Å². The third-order valence-electron chi connectivity index (χ3n) is 4.58. The van der Waals surface area contributed by atoms with Gasteiger partial charge >= 0.3 is 6.18 Å². The van der Waals surface area contributed by atoms with Crippen molar-refractivity contribution in [3.63, 3.8) is 0 Å². The summed E-state index contributed by atoms with van der Waals surface area (Å²) >= 11 is 0. The summed E-state index contributed by atoms with van der Waals surface area (Å²) < 4.78 is 67.1. The number of sulfonamides is 1. The first-order chi connectivity index (χ1) is 12.6. The van der Waals surface area contributed by atoms with E-state index in [0.29, 0.717) is 25.7 Å². The van der Waals surface area contributed by atoms with Gasteiger partial charge in [-0.15, -0.1) is 0 Å². The Morgan fingerprint density at radius 3 is 2.33 bits per heavy atom. The van der Waals surface area contributed by atoms with Gasteiger partial charge in [0.25, 0.3) is 0 Å². The number of rotatable bonds is 4. The second-order valence-corrected chi connectivity index (χ2v) is 8.36. The largest absolute Gasteiger partial charge is 0.433 e. The zero-order valence-electron chi connectivity index (χ0n) is 14.9. The second-order valence-electron chi connectivity index (χ2n) is 6.45. The van der Waals surface area contributed by atoms with Crippen LogP contribution in [0.2, 0.25) is 0 Å². The lowest BCUT2D eigenvalue weighted by Crippen LogP contribution is -2.48. The van der Waals surface area contributed by atoms with Gasteiger partial charge in [-0.05, 0) is 19.1 Å². The molecule has 0 spiro atoms. The average Bonchev–Trinajstić information content (AvgIpc) is 2.99. The summed E-state index contributed by atoms with van der Waals surface area (Å²) in [5.41, 5.74) is -0.226. The van der Waals surface area contributed by atoms with Crippen molar-refractivity contribution < 1.29 is 21.6 Å². The first-order valence-corrected chi connectivity index (χ1v) is 9.75. The van der Waals surface area contributed by atoms with Crippen LogP contribution in [-0.4, -0.2) is 58.3 Å². The van der Waals surface area contributed by atoms with Gasteiger partial charge in [-0.3, -0.25) is 4.90 Å². The minimum atomic E-state index is -4.61. The van der Waals surface area contributed by atoms with E-state index >= 15 is 0 Å². The molecule has 0 atom stereocenters. The Morgan fingerprint density at radius 2 is 1.81 bits per heavy atom. The van der Waals surface area contributed by atoms with Gasteiger partial charge in [0.1, 0.15) is 10.6 Å². The van der Waals surface area contributed by atoms with Gasteiger partial charge in [-0.2, -0.15) is 17.5 Å². The normalized spacial score (nSPS) is 17.4. The molecule has 148 valence electrons. The number of hydrogen-bond donors (Lipinski definition) is 0. The Balaban J connectivity index is 1.71. The van der Waals surface area contributed by atoms with Crippen LogP contribution in [0.25, 0.3) is 0 Å². The van der Waals surface area contributed by atoms with E-state index in [4.69, 9.17) is 0 Å². The smallest absolute Gasteiger partial charge is 0.337 e. The molecule has 0 unspecified atom stereocenters. The van der Waals surface area contributed by atoms with Gasteiger partial charge in [-0.25, -0.2) is 18.4 Å². The van der Waals surface area contributed by atoms with Crippen molar-refractivity contribution in [3.8, 4) is 0 Å². The summed E-state index contributed by atoms with van der Waals surface area (Å²) in [6.45, 7) is 3.52. The van der Waals surface area contributed by atoms with Crippen LogP contribution in [0.3, 0.4) is 0 Å². The molecule has 0 radical (unpaired) electrons. The molecule has 11 heteroatoms. The number of nitrogens with zero attached hydrogens (tertiary/aromatic N) is 5. The number of aryl methyl sites for hydroxylation is 2. The van der Waals surface area contributed by atoms with E-state index in [0.717, 1.165) is 11.8 Å². The van der Waals surface area contributed by atoms with Crippen LogP contribution in [0.1, 0.15) is 17.1 Å². The van der Waals surface area contributed by atoms with E-state index in [1.165, 1.54) is 11.2 Å². The molecule has 3 heterocycles. The van der Waals surface area contributed by atoms with E-state index in [1.807, 2.05) is 11.6 Å². The predicted molar refractivity (Wildman–Crippen MR) is 91.2 cm³/mol.